The minimum atomic E-state index is -0.211. The Balaban J connectivity index is 1.59. The van der Waals surface area contributed by atoms with Crippen LogP contribution in [0.15, 0.2) is 66.7 Å². The van der Waals surface area contributed by atoms with E-state index in [1.165, 1.54) is 23.4 Å². The van der Waals surface area contributed by atoms with Gasteiger partial charge in [-0.1, -0.05) is 30.3 Å². The minimum absolute atomic E-state index is 0.211. The van der Waals surface area contributed by atoms with E-state index in [-0.39, 0.29) is 5.82 Å². The van der Waals surface area contributed by atoms with Gasteiger partial charge in [0.25, 0.3) is 0 Å². The fourth-order valence-electron chi connectivity index (χ4n) is 3.82. The van der Waals surface area contributed by atoms with Crippen molar-refractivity contribution >= 4 is 22.4 Å². The zero-order valence-electron chi connectivity index (χ0n) is 15.0. The number of para-hydroxylation sites is 1. The second-order valence-electron chi connectivity index (χ2n) is 6.86. The highest BCUT2D eigenvalue weighted by atomic mass is 19.1. The molecule has 3 aromatic carbocycles. The van der Waals surface area contributed by atoms with Gasteiger partial charge in [-0.3, -0.25) is 0 Å². The summed E-state index contributed by atoms with van der Waals surface area (Å²) in [5.41, 5.74) is 5.58. The highest BCUT2D eigenvalue weighted by Crippen LogP contribution is 2.38. The summed E-state index contributed by atoms with van der Waals surface area (Å²) in [7, 11) is 0. The van der Waals surface area contributed by atoms with Crippen LogP contribution < -0.4 is 4.90 Å². The van der Waals surface area contributed by atoms with Crippen LogP contribution in [0.1, 0.15) is 11.4 Å². The van der Waals surface area contributed by atoms with Crippen LogP contribution in [0.25, 0.3) is 22.0 Å². The van der Waals surface area contributed by atoms with Crippen LogP contribution in [0.5, 0.6) is 0 Å². The van der Waals surface area contributed by atoms with Crippen molar-refractivity contribution in [3.05, 3.63) is 83.9 Å². The predicted molar refractivity (Wildman–Crippen MR) is 107 cm³/mol. The number of aryl methyl sites for hydroxylation is 1. The molecule has 4 aromatic rings. The lowest BCUT2D eigenvalue weighted by atomic mass is 10.0. The zero-order chi connectivity index (χ0) is 18.4. The van der Waals surface area contributed by atoms with E-state index in [0.29, 0.717) is 0 Å². The Labute approximate surface area is 157 Å². The van der Waals surface area contributed by atoms with Gasteiger partial charge in [0.15, 0.2) is 0 Å². The quantitative estimate of drug-likeness (QED) is 0.479. The first kappa shape index (κ1) is 15.9. The van der Waals surface area contributed by atoms with Crippen molar-refractivity contribution in [1.82, 2.24) is 9.97 Å². The molecule has 0 spiro atoms. The maximum absolute atomic E-state index is 13.2. The Hall–Kier alpha value is -3.27. The molecule has 1 aromatic heterocycles. The average Bonchev–Trinajstić information content (AvgIpc) is 3.11. The molecule has 2 heterocycles. The number of hydrogen-bond acceptors (Lipinski definition) is 3. The van der Waals surface area contributed by atoms with Crippen molar-refractivity contribution in [2.75, 3.05) is 11.4 Å². The Morgan fingerprint density at radius 2 is 1.67 bits per heavy atom. The Bertz CT molecular complexity index is 1150. The predicted octanol–water partition coefficient (Wildman–Crippen LogP) is 5.44. The van der Waals surface area contributed by atoms with Crippen molar-refractivity contribution in [2.45, 2.75) is 13.3 Å². The third-order valence-electron chi connectivity index (χ3n) is 5.10. The molecule has 0 saturated carbocycles. The van der Waals surface area contributed by atoms with Crippen molar-refractivity contribution in [3.8, 4) is 11.1 Å². The van der Waals surface area contributed by atoms with E-state index >= 15 is 0 Å². The molecule has 0 radical (unpaired) electrons. The van der Waals surface area contributed by atoms with Gasteiger partial charge in [0, 0.05) is 17.6 Å². The molecule has 5 rings (SSSR count). The molecule has 27 heavy (non-hydrogen) atoms. The number of nitrogens with zero attached hydrogens (tertiary/aromatic N) is 3. The monoisotopic (exact) mass is 355 g/mol. The van der Waals surface area contributed by atoms with E-state index in [1.807, 2.05) is 37.3 Å². The summed E-state index contributed by atoms with van der Waals surface area (Å²) in [5.74, 6) is 1.53. The average molecular weight is 355 g/mol. The number of aromatic nitrogens is 2. The van der Waals surface area contributed by atoms with Gasteiger partial charge in [0.2, 0.25) is 0 Å². The molecule has 1 aliphatic rings. The van der Waals surface area contributed by atoms with Crippen LogP contribution in [0.2, 0.25) is 0 Å². The molecule has 0 saturated heterocycles. The lowest BCUT2D eigenvalue weighted by Gasteiger charge is -2.20. The highest BCUT2D eigenvalue weighted by Gasteiger charge is 2.24. The molecule has 4 heteroatoms. The Kier molecular flexibility index (Phi) is 3.64. The molecule has 0 bridgehead atoms. The van der Waals surface area contributed by atoms with Gasteiger partial charge in [0.1, 0.15) is 17.5 Å². The largest absolute Gasteiger partial charge is 0.325 e. The SMILES string of the molecule is Cc1nc(N2CCc3cc(-c4ccc(F)cc4)ccc32)c2ccccc2n1. The second-order valence-corrected chi connectivity index (χ2v) is 6.86. The van der Waals surface area contributed by atoms with Gasteiger partial charge in [-0.05, 0) is 66.4 Å². The Morgan fingerprint density at radius 1 is 0.889 bits per heavy atom. The molecule has 0 amide bonds. The molecule has 1 aliphatic heterocycles. The van der Waals surface area contributed by atoms with E-state index in [4.69, 9.17) is 4.98 Å². The van der Waals surface area contributed by atoms with Gasteiger partial charge in [-0.2, -0.15) is 0 Å². The maximum atomic E-state index is 13.2. The fraction of sp³-hybridized carbons (Fsp3) is 0.130. The Morgan fingerprint density at radius 3 is 2.52 bits per heavy atom. The van der Waals surface area contributed by atoms with Gasteiger partial charge in [0.05, 0.1) is 5.52 Å². The number of anilines is 2. The summed E-state index contributed by atoms with van der Waals surface area (Å²) in [5, 5.41) is 1.07. The van der Waals surface area contributed by atoms with Gasteiger partial charge >= 0.3 is 0 Å². The minimum Gasteiger partial charge on any atom is -0.325 e. The van der Waals surface area contributed by atoms with E-state index in [0.717, 1.165) is 46.6 Å². The first-order valence-electron chi connectivity index (χ1n) is 9.09. The summed E-state index contributed by atoms with van der Waals surface area (Å²) in [6, 6.07) is 21.2. The van der Waals surface area contributed by atoms with E-state index in [1.54, 1.807) is 0 Å². The van der Waals surface area contributed by atoms with Crippen LogP contribution in [0.3, 0.4) is 0 Å². The van der Waals surface area contributed by atoms with Gasteiger partial charge in [-0.15, -0.1) is 0 Å². The van der Waals surface area contributed by atoms with Gasteiger partial charge in [-0.25, -0.2) is 14.4 Å². The summed E-state index contributed by atoms with van der Waals surface area (Å²) in [6.45, 7) is 2.83. The summed E-state index contributed by atoms with van der Waals surface area (Å²) >= 11 is 0. The van der Waals surface area contributed by atoms with Crippen molar-refractivity contribution < 1.29 is 4.39 Å². The van der Waals surface area contributed by atoms with Crippen molar-refractivity contribution in [1.29, 1.82) is 0 Å². The van der Waals surface area contributed by atoms with Crippen LogP contribution in [-0.4, -0.2) is 16.5 Å². The first-order chi connectivity index (χ1) is 13.2. The van der Waals surface area contributed by atoms with Crippen LogP contribution in [-0.2, 0) is 6.42 Å². The molecular formula is C23H18FN3. The number of benzene rings is 3. The van der Waals surface area contributed by atoms with E-state index in [9.17, 15) is 4.39 Å². The molecular weight excluding hydrogens is 337 g/mol. The topological polar surface area (TPSA) is 29.0 Å². The normalized spacial score (nSPS) is 13.2. The standard InChI is InChI=1S/C23H18FN3/c1-15-25-21-5-3-2-4-20(21)23(26-15)27-13-12-18-14-17(8-11-22(18)27)16-6-9-19(24)10-7-16/h2-11,14H,12-13H2,1H3. The lowest BCUT2D eigenvalue weighted by Crippen LogP contribution is -2.16. The fourth-order valence-corrected chi connectivity index (χ4v) is 3.82. The molecule has 3 nitrogen and oxygen atoms in total. The smallest absolute Gasteiger partial charge is 0.144 e. The summed E-state index contributed by atoms with van der Waals surface area (Å²) in [6.07, 6.45) is 0.960. The molecule has 0 aliphatic carbocycles. The van der Waals surface area contributed by atoms with Crippen LogP contribution in [0.4, 0.5) is 15.9 Å². The number of halogens is 1. The van der Waals surface area contributed by atoms with E-state index in [2.05, 4.69) is 34.1 Å². The molecule has 0 N–H and O–H groups in total. The molecule has 0 atom stereocenters. The van der Waals surface area contributed by atoms with Crippen LogP contribution >= 0.6 is 0 Å². The summed E-state index contributed by atoms with van der Waals surface area (Å²) < 4.78 is 13.2. The second kappa shape index (κ2) is 6.16. The van der Waals surface area contributed by atoms with Crippen molar-refractivity contribution in [2.24, 2.45) is 0 Å². The number of fused-ring (bicyclic) bond motifs is 2. The highest BCUT2D eigenvalue weighted by molar-refractivity contribution is 5.92. The van der Waals surface area contributed by atoms with Crippen LogP contribution in [0, 0.1) is 12.7 Å². The molecule has 0 unspecified atom stereocenters. The number of hydrogen-bond donors (Lipinski definition) is 0. The number of rotatable bonds is 2. The van der Waals surface area contributed by atoms with Gasteiger partial charge < -0.3 is 4.90 Å². The van der Waals surface area contributed by atoms with Crippen molar-refractivity contribution in [3.63, 3.8) is 0 Å². The van der Waals surface area contributed by atoms with E-state index < -0.39 is 0 Å². The molecule has 0 fully saturated rings. The third kappa shape index (κ3) is 2.74. The third-order valence-corrected chi connectivity index (χ3v) is 5.10. The first-order valence-corrected chi connectivity index (χ1v) is 9.09. The summed E-state index contributed by atoms with van der Waals surface area (Å²) in [4.78, 5) is 11.6. The molecule has 132 valence electrons. The zero-order valence-corrected chi connectivity index (χ0v) is 15.0. The maximum Gasteiger partial charge on any atom is 0.144 e. The lowest BCUT2D eigenvalue weighted by molar-refractivity contribution is 0.628.